The molecule has 1 rings (SSSR count). The SMILES string of the molecule is CCCCC(CC)(Cc1sccc1Br)C(=O)O. The summed E-state index contributed by atoms with van der Waals surface area (Å²) in [5.74, 6) is -0.659. The summed E-state index contributed by atoms with van der Waals surface area (Å²) in [6, 6.07) is 1.99. The molecular formula is C13H19BrO2S. The summed E-state index contributed by atoms with van der Waals surface area (Å²) in [5, 5.41) is 11.5. The van der Waals surface area contributed by atoms with Crippen molar-refractivity contribution in [3.05, 3.63) is 20.8 Å². The number of rotatable bonds is 7. The van der Waals surface area contributed by atoms with Gasteiger partial charge in [0.25, 0.3) is 0 Å². The first kappa shape index (κ1) is 14.7. The summed E-state index contributed by atoms with van der Waals surface area (Å²) in [5.41, 5.74) is -0.594. The van der Waals surface area contributed by atoms with Crippen LogP contribution in [0.25, 0.3) is 0 Å². The van der Waals surface area contributed by atoms with Gasteiger partial charge in [-0.25, -0.2) is 0 Å². The minimum atomic E-state index is -0.659. The van der Waals surface area contributed by atoms with Gasteiger partial charge < -0.3 is 5.11 Å². The lowest BCUT2D eigenvalue weighted by molar-refractivity contribution is -0.149. The minimum Gasteiger partial charge on any atom is -0.481 e. The van der Waals surface area contributed by atoms with Crippen molar-refractivity contribution in [3.8, 4) is 0 Å². The van der Waals surface area contributed by atoms with Gasteiger partial charge in [-0.3, -0.25) is 4.79 Å². The molecule has 0 aromatic carbocycles. The van der Waals surface area contributed by atoms with Gasteiger partial charge in [-0.1, -0.05) is 26.7 Å². The summed E-state index contributed by atoms with van der Waals surface area (Å²) in [6.45, 7) is 4.08. The Kier molecular flexibility index (Phi) is 5.67. The Morgan fingerprint density at radius 3 is 2.65 bits per heavy atom. The van der Waals surface area contributed by atoms with Gasteiger partial charge in [0, 0.05) is 9.35 Å². The average molecular weight is 319 g/mol. The van der Waals surface area contributed by atoms with Crippen LogP contribution in [0.5, 0.6) is 0 Å². The van der Waals surface area contributed by atoms with Crippen molar-refractivity contribution in [3.63, 3.8) is 0 Å². The topological polar surface area (TPSA) is 37.3 Å². The van der Waals surface area contributed by atoms with E-state index < -0.39 is 11.4 Å². The second-order valence-electron chi connectivity index (χ2n) is 4.41. The largest absolute Gasteiger partial charge is 0.481 e. The van der Waals surface area contributed by atoms with Crippen molar-refractivity contribution in [2.24, 2.45) is 5.41 Å². The fraction of sp³-hybridized carbons (Fsp3) is 0.615. The van der Waals surface area contributed by atoms with Gasteiger partial charge in [0.1, 0.15) is 0 Å². The van der Waals surface area contributed by atoms with E-state index >= 15 is 0 Å². The molecule has 1 atom stereocenters. The van der Waals surface area contributed by atoms with Crippen molar-refractivity contribution in [2.45, 2.75) is 46.0 Å². The zero-order chi connectivity index (χ0) is 12.9. The standard InChI is InChI=1S/C13H19BrO2S/c1-3-5-7-13(4-2,12(15)16)9-11-10(14)6-8-17-11/h6,8H,3-5,7,9H2,1-2H3,(H,15,16). The van der Waals surface area contributed by atoms with E-state index in [4.69, 9.17) is 0 Å². The summed E-state index contributed by atoms with van der Waals surface area (Å²) < 4.78 is 1.04. The van der Waals surface area contributed by atoms with Crippen LogP contribution in [0.15, 0.2) is 15.9 Å². The number of hydrogen-bond donors (Lipinski definition) is 1. The smallest absolute Gasteiger partial charge is 0.309 e. The van der Waals surface area contributed by atoms with E-state index in [1.165, 1.54) is 0 Å². The lowest BCUT2D eigenvalue weighted by Gasteiger charge is -2.27. The Morgan fingerprint density at radius 1 is 1.53 bits per heavy atom. The minimum absolute atomic E-state index is 0.594. The molecule has 0 saturated heterocycles. The second-order valence-corrected chi connectivity index (χ2v) is 6.27. The van der Waals surface area contributed by atoms with E-state index in [-0.39, 0.29) is 0 Å². The Hall–Kier alpha value is -0.350. The zero-order valence-electron chi connectivity index (χ0n) is 10.3. The van der Waals surface area contributed by atoms with Crippen LogP contribution >= 0.6 is 27.3 Å². The highest BCUT2D eigenvalue weighted by Crippen LogP contribution is 2.37. The van der Waals surface area contributed by atoms with Crippen molar-refractivity contribution >= 4 is 33.2 Å². The number of hydrogen-bond acceptors (Lipinski definition) is 2. The van der Waals surface area contributed by atoms with Gasteiger partial charge in [-0.2, -0.15) is 0 Å². The first-order valence-corrected chi connectivity index (χ1v) is 7.68. The summed E-state index contributed by atoms with van der Waals surface area (Å²) in [4.78, 5) is 12.7. The molecular weight excluding hydrogens is 300 g/mol. The summed E-state index contributed by atoms with van der Waals surface area (Å²) in [7, 11) is 0. The molecule has 0 saturated carbocycles. The van der Waals surface area contributed by atoms with Gasteiger partial charge in [0.05, 0.1) is 5.41 Å². The molecule has 0 aliphatic rings. The van der Waals surface area contributed by atoms with Crippen molar-refractivity contribution < 1.29 is 9.90 Å². The maximum absolute atomic E-state index is 11.6. The van der Waals surface area contributed by atoms with E-state index in [0.717, 1.165) is 28.6 Å². The normalized spacial score (nSPS) is 14.5. The predicted molar refractivity (Wildman–Crippen MR) is 75.6 cm³/mol. The molecule has 0 amide bonds. The van der Waals surface area contributed by atoms with Gasteiger partial charge in [0.15, 0.2) is 0 Å². The Balaban J connectivity index is 2.90. The number of thiophene rings is 1. The summed E-state index contributed by atoms with van der Waals surface area (Å²) >= 11 is 5.12. The summed E-state index contributed by atoms with van der Waals surface area (Å²) in [6.07, 6.45) is 4.10. The van der Waals surface area contributed by atoms with Crippen LogP contribution in [0.1, 0.15) is 44.4 Å². The van der Waals surface area contributed by atoms with E-state index in [1.807, 2.05) is 18.4 Å². The second kappa shape index (κ2) is 6.55. The molecule has 1 heterocycles. The number of unbranched alkanes of at least 4 members (excludes halogenated alkanes) is 1. The lowest BCUT2D eigenvalue weighted by atomic mass is 9.77. The molecule has 1 unspecified atom stereocenters. The highest BCUT2D eigenvalue weighted by Gasteiger charge is 2.36. The fourth-order valence-electron chi connectivity index (χ4n) is 2.00. The number of aliphatic carboxylic acids is 1. The van der Waals surface area contributed by atoms with Crippen molar-refractivity contribution in [1.29, 1.82) is 0 Å². The molecule has 0 spiro atoms. The number of carboxylic acids is 1. The molecule has 0 radical (unpaired) electrons. The third-order valence-corrected chi connectivity index (χ3v) is 5.26. The van der Waals surface area contributed by atoms with Crippen molar-refractivity contribution in [2.75, 3.05) is 0 Å². The number of carbonyl (C=O) groups is 1. The van der Waals surface area contributed by atoms with Crippen LogP contribution in [-0.2, 0) is 11.2 Å². The molecule has 96 valence electrons. The number of halogens is 1. The predicted octanol–water partition coefficient (Wildman–Crippen LogP) is 4.72. The first-order valence-electron chi connectivity index (χ1n) is 6.01. The van der Waals surface area contributed by atoms with E-state index in [0.29, 0.717) is 12.8 Å². The quantitative estimate of drug-likeness (QED) is 0.789. The third kappa shape index (κ3) is 3.55. The number of carboxylic acid groups (broad SMARTS) is 1. The van der Waals surface area contributed by atoms with E-state index in [1.54, 1.807) is 11.3 Å². The zero-order valence-corrected chi connectivity index (χ0v) is 12.7. The molecule has 0 fully saturated rings. The molecule has 1 aromatic heterocycles. The molecule has 17 heavy (non-hydrogen) atoms. The van der Waals surface area contributed by atoms with Crippen LogP contribution in [-0.4, -0.2) is 11.1 Å². The fourth-order valence-corrected chi connectivity index (χ4v) is 3.63. The molecule has 4 heteroatoms. The monoisotopic (exact) mass is 318 g/mol. The highest BCUT2D eigenvalue weighted by molar-refractivity contribution is 9.10. The van der Waals surface area contributed by atoms with Crippen LogP contribution in [0.3, 0.4) is 0 Å². The Bertz CT molecular complexity index is 375. The highest BCUT2D eigenvalue weighted by atomic mass is 79.9. The van der Waals surface area contributed by atoms with Crippen LogP contribution in [0.4, 0.5) is 0 Å². The Morgan fingerprint density at radius 2 is 2.24 bits per heavy atom. The first-order chi connectivity index (χ1) is 8.05. The van der Waals surface area contributed by atoms with Gasteiger partial charge in [-0.05, 0) is 46.6 Å². The van der Waals surface area contributed by atoms with E-state index in [2.05, 4.69) is 22.9 Å². The maximum Gasteiger partial charge on any atom is 0.309 e. The van der Waals surface area contributed by atoms with Gasteiger partial charge in [-0.15, -0.1) is 11.3 Å². The maximum atomic E-state index is 11.6. The van der Waals surface area contributed by atoms with Crippen LogP contribution < -0.4 is 0 Å². The lowest BCUT2D eigenvalue weighted by Crippen LogP contribution is -2.32. The molecule has 0 aliphatic carbocycles. The molecule has 2 nitrogen and oxygen atoms in total. The average Bonchev–Trinajstić information content (AvgIpc) is 2.70. The van der Waals surface area contributed by atoms with Gasteiger partial charge in [0.2, 0.25) is 0 Å². The molecule has 1 N–H and O–H groups in total. The molecule has 0 bridgehead atoms. The van der Waals surface area contributed by atoms with Gasteiger partial charge >= 0.3 is 5.97 Å². The Labute approximate surface area is 115 Å². The van der Waals surface area contributed by atoms with Crippen LogP contribution in [0.2, 0.25) is 0 Å². The van der Waals surface area contributed by atoms with Crippen molar-refractivity contribution in [1.82, 2.24) is 0 Å². The third-order valence-electron chi connectivity index (χ3n) is 3.33. The molecule has 0 aliphatic heterocycles. The molecule has 1 aromatic rings. The van der Waals surface area contributed by atoms with E-state index in [9.17, 15) is 9.90 Å². The van der Waals surface area contributed by atoms with Crippen LogP contribution in [0, 0.1) is 5.41 Å².